The van der Waals surface area contributed by atoms with Gasteiger partial charge in [0.2, 0.25) is 0 Å². The Balaban J connectivity index is 1.76. The maximum absolute atomic E-state index is 2.68. The molecular formula is C23H23N. The lowest BCUT2D eigenvalue weighted by Gasteiger charge is -2.34. The van der Waals surface area contributed by atoms with Crippen molar-refractivity contribution in [3.63, 3.8) is 0 Å². The first-order valence-corrected chi connectivity index (χ1v) is 8.84. The number of hydrogen-bond donors (Lipinski definition) is 0. The minimum Gasteiger partial charge on any atom is -0.285 e. The standard InChI is InChI=1S/C23H23N/c1-4-11-19(12-5-1)22-17-10-18-24(22)23(20-13-6-2-7-14-20)21-15-8-3-9-16-21/h1-9,11-16,22-23H,10,17-18H2. The van der Waals surface area contributed by atoms with Gasteiger partial charge in [0.15, 0.2) is 0 Å². The summed E-state index contributed by atoms with van der Waals surface area (Å²) in [5.41, 5.74) is 4.20. The second kappa shape index (κ2) is 7.02. The van der Waals surface area contributed by atoms with Crippen LogP contribution in [0.15, 0.2) is 91.0 Å². The maximum Gasteiger partial charge on any atom is 0.0607 e. The fourth-order valence-corrected chi connectivity index (χ4v) is 3.98. The molecule has 1 aliphatic rings. The Morgan fingerprint density at radius 3 is 1.71 bits per heavy atom. The van der Waals surface area contributed by atoms with E-state index in [0.29, 0.717) is 12.1 Å². The molecule has 1 unspecified atom stereocenters. The van der Waals surface area contributed by atoms with E-state index in [0.717, 1.165) is 6.54 Å². The Kier molecular flexibility index (Phi) is 4.44. The Hall–Kier alpha value is -2.38. The molecule has 0 N–H and O–H groups in total. The van der Waals surface area contributed by atoms with E-state index in [1.165, 1.54) is 29.5 Å². The average Bonchev–Trinajstić information content (AvgIpc) is 3.14. The zero-order chi connectivity index (χ0) is 16.2. The molecule has 0 spiro atoms. The predicted octanol–water partition coefficient (Wildman–Crippen LogP) is 5.61. The lowest BCUT2D eigenvalue weighted by Crippen LogP contribution is -2.29. The van der Waals surface area contributed by atoms with E-state index >= 15 is 0 Å². The highest BCUT2D eigenvalue weighted by Gasteiger charge is 2.33. The molecule has 120 valence electrons. The lowest BCUT2D eigenvalue weighted by molar-refractivity contribution is 0.208. The van der Waals surface area contributed by atoms with Gasteiger partial charge in [-0.05, 0) is 36.1 Å². The van der Waals surface area contributed by atoms with Crippen molar-refractivity contribution in [2.45, 2.75) is 24.9 Å². The number of rotatable bonds is 4. The summed E-state index contributed by atoms with van der Waals surface area (Å²) < 4.78 is 0. The third kappa shape index (κ3) is 3.00. The van der Waals surface area contributed by atoms with Gasteiger partial charge in [0.25, 0.3) is 0 Å². The first-order chi connectivity index (χ1) is 11.9. The molecule has 1 atom stereocenters. The van der Waals surface area contributed by atoms with Crippen LogP contribution in [0.25, 0.3) is 0 Å². The molecule has 1 aliphatic heterocycles. The smallest absolute Gasteiger partial charge is 0.0607 e. The molecular weight excluding hydrogens is 290 g/mol. The van der Waals surface area contributed by atoms with E-state index in [1.54, 1.807) is 0 Å². The molecule has 0 saturated carbocycles. The van der Waals surface area contributed by atoms with Crippen molar-refractivity contribution in [1.29, 1.82) is 0 Å². The Bertz CT molecular complexity index is 712. The van der Waals surface area contributed by atoms with Crippen LogP contribution >= 0.6 is 0 Å². The topological polar surface area (TPSA) is 3.24 Å². The molecule has 0 amide bonds. The van der Waals surface area contributed by atoms with E-state index in [1.807, 2.05) is 0 Å². The van der Waals surface area contributed by atoms with Gasteiger partial charge in [0.05, 0.1) is 6.04 Å². The highest BCUT2D eigenvalue weighted by Crippen LogP contribution is 2.41. The summed E-state index contributed by atoms with van der Waals surface area (Å²) in [5.74, 6) is 0. The second-order valence-electron chi connectivity index (χ2n) is 6.53. The van der Waals surface area contributed by atoms with Gasteiger partial charge in [-0.15, -0.1) is 0 Å². The van der Waals surface area contributed by atoms with Gasteiger partial charge in [-0.25, -0.2) is 0 Å². The molecule has 1 heterocycles. The molecule has 0 bridgehead atoms. The molecule has 1 heteroatoms. The second-order valence-corrected chi connectivity index (χ2v) is 6.53. The zero-order valence-electron chi connectivity index (χ0n) is 13.9. The highest BCUT2D eigenvalue weighted by molar-refractivity contribution is 5.33. The van der Waals surface area contributed by atoms with Crippen molar-refractivity contribution in [1.82, 2.24) is 4.90 Å². The number of benzene rings is 3. The van der Waals surface area contributed by atoms with Crippen LogP contribution in [0.4, 0.5) is 0 Å². The molecule has 4 rings (SSSR count). The molecule has 3 aromatic carbocycles. The molecule has 0 aliphatic carbocycles. The minimum atomic E-state index is 0.320. The Morgan fingerprint density at radius 2 is 1.17 bits per heavy atom. The fraction of sp³-hybridized carbons (Fsp3) is 0.217. The van der Waals surface area contributed by atoms with Gasteiger partial charge < -0.3 is 0 Å². The van der Waals surface area contributed by atoms with Crippen LogP contribution in [0.5, 0.6) is 0 Å². The van der Waals surface area contributed by atoms with Crippen molar-refractivity contribution in [3.8, 4) is 0 Å². The van der Waals surface area contributed by atoms with E-state index < -0.39 is 0 Å². The van der Waals surface area contributed by atoms with Crippen molar-refractivity contribution in [3.05, 3.63) is 108 Å². The maximum atomic E-state index is 2.68. The Morgan fingerprint density at radius 1 is 0.667 bits per heavy atom. The van der Waals surface area contributed by atoms with Crippen molar-refractivity contribution in [2.75, 3.05) is 6.54 Å². The van der Waals surface area contributed by atoms with Gasteiger partial charge in [0.1, 0.15) is 0 Å². The zero-order valence-corrected chi connectivity index (χ0v) is 13.9. The number of hydrogen-bond acceptors (Lipinski definition) is 1. The Labute approximate surface area is 144 Å². The summed E-state index contributed by atoms with van der Waals surface area (Å²) in [6.07, 6.45) is 2.50. The van der Waals surface area contributed by atoms with Crippen molar-refractivity contribution < 1.29 is 0 Å². The van der Waals surface area contributed by atoms with Crippen LogP contribution < -0.4 is 0 Å². The molecule has 1 fully saturated rings. The van der Waals surface area contributed by atoms with Crippen LogP contribution in [-0.4, -0.2) is 11.4 Å². The fourth-order valence-electron chi connectivity index (χ4n) is 3.98. The van der Waals surface area contributed by atoms with Crippen LogP contribution in [0, 0.1) is 0 Å². The first-order valence-electron chi connectivity index (χ1n) is 8.84. The quantitative estimate of drug-likeness (QED) is 0.605. The van der Waals surface area contributed by atoms with E-state index in [2.05, 4.69) is 95.9 Å². The molecule has 1 nitrogen and oxygen atoms in total. The molecule has 0 radical (unpaired) electrons. The van der Waals surface area contributed by atoms with E-state index in [-0.39, 0.29) is 0 Å². The van der Waals surface area contributed by atoms with Gasteiger partial charge in [-0.2, -0.15) is 0 Å². The largest absolute Gasteiger partial charge is 0.285 e. The summed E-state index contributed by atoms with van der Waals surface area (Å²) in [4.78, 5) is 2.68. The van der Waals surface area contributed by atoms with Gasteiger partial charge >= 0.3 is 0 Å². The molecule has 3 aromatic rings. The van der Waals surface area contributed by atoms with E-state index in [4.69, 9.17) is 0 Å². The van der Waals surface area contributed by atoms with Gasteiger partial charge in [0, 0.05) is 6.04 Å². The number of likely N-dealkylation sites (tertiary alicyclic amines) is 1. The van der Waals surface area contributed by atoms with Crippen LogP contribution in [-0.2, 0) is 0 Å². The third-order valence-electron chi connectivity index (χ3n) is 5.04. The van der Waals surface area contributed by atoms with E-state index in [9.17, 15) is 0 Å². The average molecular weight is 313 g/mol. The van der Waals surface area contributed by atoms with Crippen molar-refractivity contribution in [2.24, 2.45) is 0 Å². The van der Waals surface area contributed by atoms with Gasteiger partial charge in [-0.3, -0.25) is 4.90 Å². The van der Waals surface area contributed by atoms with Gasteiger partial charge in [-0.1, -0.05) is 91.0 Å². The van der Waals surface area contributed by atoms with Crippen LogP contribution in [0.3, 0.4) is 0 Å². The SMILES string of the molecule is c1ccc(C2CCCN2C(c2ccccc2)c2ccccc2)cc1. The normalized spacial score (nSPS) is 18.1. The molecule has 0 aromatic heterocycles. The monoisotopic (exact) mass is 313 g/mol. The lowest BCUT2D eigenvalue weighted by atomic mass is 9.95. The summed E-state index contributed by atoms with van der Waals surface area (Å²) in [7, 11) is 0. The highest BCUT2D eigenvalue weighted by atomic mass is 15.2. The molecule has 1 saturated heterocycles. The third-order valence-corrected chi connectivity index (χ3v) is 5.04. The number of nitrogens with zero attached hydrogens (tertiary/aromatic N) is 1. The van der Waals surface area contributed by atoms with Crippen LogP contribution in [0.1, 0.15) is 41.6 Å². The first kappa shape index (κ1) is 15.2. The van der Waals surface area contributed by atoms with Crippen molar-refractivity contribution >= 4 is 0 Å². The van der Waals surface area contributed by atoms with Crippen LogP contribution in [0.2, 0.25) is 0 Å². The summed E-state index contributed by atoms with van der Waals surface area (Å²) in [6.45, 7) is 1.15. The summed E-state index contributed by atoms with van der Waals surface area (Å²) in [6, 6.07) is 33.6. The molecule has 24 heavy (non-hydrogen) atoms. The summed E-state index contributed by atoms with van der Waals surface area (Å²) in [5, 5.41) is 0. The minimum absolute atomic E-state index is 0.320. The summed E-state index contributed by atoms with van der Waals surface area (Å²) >= 11 is 0. The predicted molar refractivity (Wildman–Crippen MR) is 99.9 cm³/mol.